The van der Waals surface area contributed by atoms with Crippen molar-refractivity contribution < 1.29 is 0 Å². The molecule has 0 radical (unpaired) electrons. The van der Waals surface area contributed by atoms with Gasteiger partial charge in [-0.05, 0) is 24.2 Å². The van der Waals surface area contributed by atoms with Crippen LogP contribution in [0.3, 0.4) is 0 Å². The van der Waals surface area contributed by atoms with Gasteiger partial charge in [-0.2, -0.15) is 12.6 Å². The molecular formula is C12H25NS. The fourth-order valence-electron chi connectivity index (χ4n) is 2.52. The van der Waals surface area contributed by atoms with Crippen LogP contribution >= 0.6 is 12.6 Å². The highest BCUT2D eigenvalue weighted by Gasteiger charge is 2.29. The molecule has 1 aliphatic carbocycles. The maximum atomic E-state index is 4.21. The zero-order valence-corrected chi connectivity index (χ0v) is 10.6. The molecule has 1 saturated carbocycles. The Morgan fingerprint density at radius 1 is 1.21 bits per heavy atom. The van der Waals surface area contributed by atoms with Crippen molar-refractivity contribution in [2.45, 2.75) is 46.0 Å². The van der Waals surface area contributed by atoms with Crippen LogP contribution in [0.2, 0.25) is 0 Å². The van der Waals surface area contributed by atoms with Crippen LogP contribution in [0.15, 0.2) is 0 Å². The molecule has 0 unspecified atom stereocenters. The predicted molar refractivity (Wildman–Crippen MR) is 67.1 cm³/mol. The first-order valence-electron chi connectivity index (χ1n) is 5.98. The molecule has 1 rings (SSSR count). The molecule has 14 heavy (non-hydrogen) atoms. The van der Waals surface area contributed by atoms with Gasteiger partial charge in [0.1, 0.15) is 0 Å². The van der Waals surface area contributed by atoms with E-state index < -0.39 is 0 Å². The van der Waals surface area contributed by atoms with Gasteiger partial charge in [-0.25, -0.2) is 0 Å². The van der Waals surface area contributed by atoms with Crippen molar-refractivity contribution in [1.29, 1.82) is 0 Å². The number of nitrogens with one attached hydrogen (secondary N) is 1. The molecule has 0 spiro atoms. The zero-order valence-electron chi connectivity index (χ0n) is 9.68. The first-order chi connectivity index (χ1) is 6.67. The largest absolute Gasteiger partial charge is 0.315 e. The second-order valence-corrected chi connectivity index (χ2v) is 5.67. The van der Waals surface area contributed by atoms with Crippen LogP contribution in [0.5, 0.6) is 0 Å². The van der Waals surface area contributed by atoms with E-state index in [1.165, 1.54) is 32.1 Å². The average molecular weight is 215 g/mol. The lowest BCUT2D eigenvalue weighted by Crippen LogP contribution is -2.37. The normalized spacial score (nSPS) is 19.9. The van der Waals surface area contributed by atoms with Gasteiger partial charge in [-0.1, -0.05) is 33.1 Å². The van der Waals surface area contributed by atoms with E-state index in [4.69, 9.17) is 0 Å². The van der Waals surface area contributed by atoms with Crippen LogP contribution in [0.4, 0.5) is 0 Å². The molecule has 2 heteroatoms. The molecule has 0 aliphatic heterocycles. The summed E-state index contributed by atoms with van der Waals surface area (Å²) in [6.07, 6.45) is 7.23. The number of thiol groups is 1. The maximum absolute atomic E-state index is 4.21. The van der Waals surface area contributed by atoms with Crippen molar-refractivity contribution in [3.05, 3.63) is 0 Å². The SMILES string of the molecule is CC(C)(CNCCS)C1CCCCC1. The molecule has 1 aliphatic rings. The second kappa shape index (κ2) is 6.02. The third-order valence-corrected chi connectivity index (χ3v) is 3.80. The predicted octanol–water partition coefficient (Wildman–Crippen LogP) is 3.11. The zero-order chi connectivity index (χ0) is 10.4. The van der Waals surface area contributed by atoms with Gasteiger partial charge >= 0.3 is 0 Å². The molecular weight excluding hydrogens is 190 g/mol. The van der Waals surface area contributed by atoms with E-state index in [0.717, 1.165) is 24.8 Å². The minimum Gasteiger partial charge on any atom is -0.315 e. The van der Waals surface area contributed by atoms with E-state index in [1.54, 1.807) is 0 Å². The second-order valence-electron chi connectivity index (χ2n) is 5.22. The maximum Gasteiger partial charge on any atom is 0.00399 e. The minimum absolute atomic E-state index is 0.476. The van der Waals surface area contributed by atoms with Gasteiger partial charge in [0.2, 0.25) is 0 Å². The minimum atomic E-state index is 0.476. The Morgan fingerprint density at radius 2 is 1.86 bits per heavy atom. The molecule has 84 valence electrons. The first kappa shape index (κ1) is 12.4. The van der Waals surface area contributed by atoms with Crippen molar-refractivity contribution >= 4 is 12.6 Å². The van der Waals surface area contributed by atoms with Crippen LogP contribution in [-0.4, -0.2) is 18.8 Å². The van der Waals surface area contributed by atoms with Gasteiger partial charge in [0.25, 0.3) is 0 Å². The summed E-state index contributed by atoms with van der Waals surface area (Å²) in [4.78, 5) is 0. The molecule has 0 saturated heterocycles. The Kier molecular flexibility index (Phi) is 5.32. The summed E-state index contributed by atoms with van der Waals surface area (Å²) in [6.45, 7) is 7.01. The van der Waals surface area contributed by atoms with Gasteiger partial charge in [0.05, 0.1) is 0 Å². The monoisotopic (exact) mass is 215 g/mol. The summed E-state index contributed by atoms with van der Waals surface area (Å²) < 4.78 is 0. The van der Waals surface area contributed by atoms with Crippen LogP contribution in [0.25, 0.3) is 0 Å². The quantitative estimate of drug-likeness (QED) is 0.530. The van der Waals surface area contributed by atoms with E-state index in [2.05, 4.69) is 31.8 Å². The molecule has 0 atom stereocenters. The molecule has 0 heterocycles. The summed E-state index contributed by atoms with van der Waals surface area (Å²) in [5.41, 5.74) is 0.476. The molecule has 1 fully saturated rings. The van der Waals surface area contributed by atoms with Crippen LogP contribution in [-0.2, 0) is 0 Å². The number of rotatable bonds is 5. The molecule has 1 N–H and O–H groups in total. The first-order valence-corrected chi connectivity index (χ1v) is 6.61. The Morgan fingerprint density at radius 3 is 2.43 bits per heavy atom. The van der Waals surface area contributed by atoms with Crippen molar-refractivity contribution in [3.63, 3.8) is 0 Å². The van der Waals surface area contributed by atoms with Gasteiger partial charge in [0.15, 0.2) is 0 Å². The van der Waals surface area contributed by atoms with E-state index in [9.17, 15) is 0 Å². The summed E-state index contributed by atoms with van der Waals surface area (Å²) >= 11 is 4.21. The number of hydrogen-bond donors (Lipinski definition) is 2. The van der Waals surface area contributed by atoms with E-state index in [1.807, 2.05) is 0 Å². The lowest BCUT2D eigenvalue weighted by molar-refractivity contribution is 0.155. The van der Waals surface area contributed by atoms with Crippen LogP contribution < -0.4 is 5.32 Å². The lowest BCUT2D eigenvalue weighted by atomic mass is 9.71. The highest BCUT2D eigenvalue weighted by atomic mass is 32.1. The van der Waals surface area contributed by atoms with E-state index in [0.29, 0.717) is 5.41 Å². The van der Waals surface area contributed by atoms with Crippen molar-refractivity contribution in [3.8, 4) is 0 Å². The molecule has 0 aromatic rings. The summed E-state index contributed by atoms with van der Waals surface area (Å²) in [5, 5.41) is 3.50. The van der Waals surface area contributed by atoms with Crippen molar-refractivity contribution in [1.82, 2.24) is 5.32 Å². The molecule has 0 bridgehead atoms. The van der Waals surface area contributed by atoms with Crippen LogP contribution in [0, 0.1) is 11.3 Å². The summed E-state index contributed by atoms with van der Waals surface area (Å²) in [6, 6.07) is 0. The van der Waals surface area contributed by atoms with Crippen molar-refractivity contribution in [2.24, 2.45) is 11.3 Å². The molecule has 0 amide bonds. The topological polar surface area (TPSA) is 12.0 Å². The van der Waals surface area contributed by atoms with Gasteiger partial charge < -0.3 is 5.32 Å². The average Bonchev–Trinajstić information content (AvgIpc) is 2.19. The smallest absolute Gasteiger partial charge is 0.00399 e. The Hall–Kier alpha value is 0.310. The fourth-order valence-corrected chi connectivity index (χ4v) is 2.68. The highest BCUT2D eigenvalue weighted by molar-refractivity contribution is 7.80. The van der Waals surface area contributed by atoms with E-state index >= 15 is 0 Å². The molecule has 1 nitrogen and oxygen atoms in total. The highest BCUT2D eigenvalue weighted by Crippen LogP contribution is 2.37. The van der Waals surface area contributed by atoms with Crippen molar-refractivity contribution in [2.75, 3.05) is 18.8 Å². The summed E-state index contributed by atoms with van der Waals surface area (Å²) in [5.74, 6) is 1.88. The van der Waals surface area contributed by atoms with Crippen LogP contribution in [0.1, 0.15) is 46.0 Å². The number of hydrogen-bond acceptors (Lipinski definition) is 2. The molecule has 0 aromatic heterocycles. The van der Waals surface area contributed by atoms with Gasteiger partial charge in [-0.3, -0.25) is 0 Å². The lowest BCUT2D eigenvalue weighted by Gasteiger charge is -2.37. The standard InChI is InChI=1S/C12H25NS/c1-12(2,10-13-8-9-14)11-6-4-3-5-7-11/h11,13-14H,3-10H2,1-2H3. The van der Waals surface area contributed by atoms with E-state index in [-0.39, 0.29) is 0 Å². The summed E-state index contributed by atoms with van der Waals surface area (Å²) in [7, 11) is 0. The third-order valence-electron chi connectivity index (χ3n) is 3.58. The Bertz CT molecular complexity index is 150. The fraction of sp³-hybridized carbons (Fsp3) is 1.00. The third kappa shape index (κ3) is 3.82. The van der Waals surface area contributed by atoms with Gasteiger partial charge in [0, 0.05) is 18.8 Å². The Balaban J connectivity index is 2.29. The molecule has 0 aromatic carbocycles. The van der Waals surface area contributed by atoms with Gasteiger partial charge in [-0.15, -0.1) is 0 Å². The Labute approximate surface area is 94.5 Å².